The molecule has 2 atom stereocenters. The second kappa shape index (κ2) is 7.95. The molecule has 7 heteroatoms. The van der Waals surface area contributed by atoms with Crippen LogP contribution in [0.3, 0.4) is 0 Å². The van der Waals surface area contributed by atoms with E-state index in [1.54, 1.807) is 32.9 Å². The highest BCUT2D eigenvalue weighted by atomic mass is 16.7. The molecule has 0 saturated heterocycles. The van der Waals surface area contributed by atoms with Crippen LogP contribution in [0.25, 0.3) is 0 Å². The van der Waals surface area contributed by atoms with Crippen molar-refractivity contribution in [2.45, 2.75) is 32.3 Å². The van der Waals surface area contributed by atoms with Gasteiger partial charge in [0.1, 0.15) is 17.1 Å². The Kier molecular flexibility index (Phi) is 5.59. The fraction of sp³-hybridized carbons (Fsp3) is 0.318. The number of hydrogen-bond donors (Lipinski definition) is 0. The lowest BCUT2D eigenvalue weighted by molar-refractivity contribution is -0.157. The molecule has 1 aliphatic heterocycles. The first-order valence-electron chi connectivity index (χ1n) is 9.09. The number of esters is 2. The Labute approximate surface area is 168 Å². The molecule has 7 nitrogen and oxygen atoms in total. The normalized spacial score (nSPS) is 18.3. The number of benzene rings is 2. The number of carbonyl (C=O) groups is 3. The minimum absolute atomic E-state index is 0.161. The van der Waals surface area contributed by atoms with Gasteiger partial charge in [-0.1, -0.05) is 36.4 Å². The van der Waals surface area contributed by atoms with Gasteiger partial charge in [-0.3, -0.25) is 9.59 Å². The van der Waals surface area contributed by atoms with Crippen LogP contribution in [0.1, 0.15) is 37.8 Å². The topological polar surface area (TPSA) is 88.1 Å². The smallest absolute Gasteiger partial charge is 0.468 e. The van der Waals surface area contributed by atoms with E-state index in [4.69, 9.17) is 18.9 Å². The average Bonchev–Trinajstić information content (AvgIpc) is 2.65. The maximum absolute atomic E-state index is 12.6. The van der Waals surface area contributed by atoms with E-state index in [-0.39, 0.29) is 11.5 Å². The summed E-state index contributed by atoms with van der Waals surface area (Å²) in [6.07, 6.45) is -0.869. The van der Waals surface area contributed by atoms with E-state index in [1.807, 2.05) is 30.3 Å². The predicted molar refractivity (Wildman–Crippen MR) is 103 cm³/mol. The van der Waals surface area contributed by atoms with E-state index in [0.717, 1.165) is 5.56 Å². The molecule has 1 heterocycles. The Balaban J connectivity index is 1.98. The molecule has 152 valence electrons. The Morgan fingerprint density at radius 1 is 1.03 bits per heavy atom. The van der Waals surface area contributed by atoms with Crippen molar-refractivity contribution in [3.05, 3.63) is 59.7 Å². The predicted octanol–water partition coefficient (Wildman–Crippen LogP) is 3.84. The van der Waals surface area contributed by atoms with Crippen LogP contribution in [0.5, 0.6) is 11.5 Å². The van der Waals surface area contributed by atoms with Crippen LogP contribution < -0.4 is 9.47 Å². The lowest BCUT2D eigenvalue weighted by atomic mass is 9.78. The summed E-state index contributed by atoms with van der Waals surface area (Å²) < 4.78 is 20.5. The first kappa shape index (κ1) is 20.4. The fourth-order valence-corrected chi connectivity index (χ4v) is 3.17. The van der Waals surface area contributed by atoms with E-state index >= 15 is 0 Å². The van der Waals surface area contributed by atoms with Crippen molar-refractivity contribution in [2.75, 3.05) is 7.11 Å². The van der Waals surface area contributed by atoms with E-state index in [9.17, 15) is 14.4 Å². The number of methoxy groups -OCH3 is 1. The van der Waals surface area contributed by atoms with Gasteiger partial charge in [0.25, 0.3) is 0 Å². The molecule has 29 heavy (non-hydrogen) atoms. The van der Waals surface area contributed by atoms with Crippen molar-refractivity contribution in [2.24, 2.45) is 5.92 Å². The molecule has 0 bridgehead atoms. The molecule has 0 amide bonds. The first-order chi connectivity index (χ1) is 13.7. The maximum Gasteiger partial charge on any atom is 0.514 e. The van der Waals surface area contributed by atoms with Gasteiger partial charge in [0.05, 0.1) is 7.11 Å². The van der Waals surface area contributed by atoms with Gasteiger partial charge in [-0.25, -0.2) is 4.79 Å². The largest absolute Gasteiger partial charge is 0.514 e. The molecule has 0 saturated carbocycles. The highest BCUT2D eigenvalue weighted by molar-refractivity contribution is 5.99. The molecule has 2 unspecified atom stereocenters. The summed E-state index contributed by atoms with van der Waals surface area (Å²) in [5, 5.41) is 0. The molecule has 0 spiro atoms. The first-order valence-corrected chi connectivity index (χ1v) is 9.09. The van der Waals surface area contributed by atoms with Gasteiger partial charge in [-0.15, -0.1) is 0 Å². The monoisotopic (exact) mass is 398 g/mol. The molecule has 0 aromatic heterocycles. The standard InChI is InChI=1S/C22H22O7/c1-22(2,3)29-21(25)27-14-10-11-15-16(12-14)28-20(24)18(19(23)26-4)17(15)13-8-6-5-7-9-13/h5-12,17-18H,1-4H3. The van der Waals surface area contributed by atoms with Crippen molar-refractivity contribution in [3.8, 4) is 11.5 Å². The van der Waals surface area contributed by atoms with Crippen LogP contribution >= 0.6 is 0 Å². The molecule has 0 radical (unpaired) electrons. The zero-order chi connectivity index (χ0) is 21.2. The lowest BCUT2D eigenvalue weighted by Crippen LogP contribution is -2.38. The highest BCUT2D eigenvalue weighted by Gasteiger charge is 2.44. The Morgan fingerprint density at radius 2 is 1.72 bits per heavy atom. The third-order valence-corrected chi connectivity index (χ3v) is 4.32. The van der Waals surface area contributed by atoms with Crippen molar-refractivity contribution >= 4 is 18.1 Å². The molecule has 2 aromatic rings. The molecular formula is C22H22O7. The van der Waals surface area contributed by atoms with Gasteiger partial charge in [-0.05, 0) is 32.4 Å². The van der Waals surface area contributed by atoms with Crippen LogP contribution in [0.15, 0.2) is 48.5 Å². The number of ether oxygens (including phenoxy) is 4. The van der Waals surface area contributed by atoms with E-state index < -0.39 is 35.5 Å². The summed E-state index contributed by atoms with van der Waals surface area (Å²) in [7, 11) is 1.23. The van der Waals surface area contributed by atoms with Gasteiger partial charge < -0.3 is 18.9 Å². The number of carbonyl (C=O) groups excluding carboxylic acids is 3. The van der Waals surface area contributed by atoms with Crippen molar-refractivity contribution < 1.29 is 33.3 Å². The van der Waals surface area contributed by atoms with E-state index in [1.165, 1.54) is 13.2 Å². The van der Waals surface area contributed by atoms with Gasteiger partial charge in [0, 0.05) is 17.5 Å². The lowest BCUT2D eigenvalue weighted by Gasteiger charge is -2.30. The minimum atomic E-state index is -1.13. The summed E-state index contributed by atoms with van der Waals surface area (Å²) in [6.45, 7) is 5.17. The summed E-state index contributed by atoms with van der Waals surface area (Å²) in [6, 6.07) is 13.8. The molecule has 0 N–H and O–H groups in total. The van der Waals surface area contributed by atoms with Crippen LogP contribution in [-0.4, -0.2) is 30.8 Å². The zero-order valence-electron chi connectivity index (χ0n) is 16.6. The second-order valence-electron chi connectivity index (χ2n) is 7.58. The molecular weight excluding hydrogens is 376 g/mol. The number of fused-ring (bicyclic) bond motifs is 1. The third kappa shape index (κ3) is 4.56. The fourth-order valence-electron chi connectivity index (χ4n) is 3.17. The summed E-state index contributed by atoms with van der Waals surface area (Å²) in [5.41, 5.74) is 0.675. The van der Waals surface area contributed by atoms with Crippen LogP contribution in [0.2, 0.25) is 0 Å². The molecule has 1 aliphatic rings. The van der Waals surface area contributed by atoms with Gasteiger partial charge >= 0.3 is 18.1 Å². The van der Waals surface area contributed by atoms with E-state index in [0.29, 0.717) is 5.56 Å². The summed E-state index contributed by atoms with van der Waals surface area (Å²) >= 11 is 0. The number of hydrogen-bond acceptors (Lipinski definition) is 7. The van der Waals surface area contributed by atoms with Crippen LogP contribution in [0, 0.1) is 5.92 Å². The van der Waals surface area contributed by atoms with Crippen LogP contribution in [-0.2, 0) is 19.1 Å². The summed E-state index contributed by atoms with van der Waals surface area (Å²) in [4.78, 5) is 36.8. The van der Waals surface area contributed by atoms with Gasteiger partial charge in [-0.2, -0.15) is 0 Å². The molecule has 0 aliphatic carbocycles. The Hall–Kier alpha value is -3.35. The maximum atomic E-state index is 12.6. The number of rotatable bonds is 3. The Bertz CT molecular complexity index is 928. The minimum Gasteiger partial charge on any atom is -0.468 e. The van der Waals surface area contributed by atoms with Crippen LogP contribution in [0.4, 0.5) is 4.79 Å². The van der Waals surface area contributed by atoms with Crippen molar-refractivity contribution in [3.63, 3.8) is 0 Å². The molecule has 0 fully saturated rings. The van der Waals surface area contributed by atoms with Crippen molar-refractivity contribution in [1.82, 2.24) is 0 Å². The molecule has 2 aromatic carbocycles. The average molecular weight is 398 g/mol. The Morgan fingerprint density at radius 3 is 2.34 bits per heavy atom. The van der Waals surface area contributed by atoms with Gasteiger partial charge in [0.2, 0.25) is 0 Å². The third-order valence-electron chi connectivity index (χ3n) is 4.32. The summed E-state index contributed by atoms with van der Waals surface area (Å²) in [5.74, 6) is -2.75. The SMILES string of the molecule is COC(=O)C1C(=O)Oc2cc(OC(=O)OC(C)(C)C)ccc2C1c1ccccc1. The van der Waals surface area contributed by atoms with Crippen molar-refractivity contribution in [1.29, 1.82) is 0 Å². The zero-order valence-corrected chi connectivity index (χ0v) is 16.6. The van der Waals surface area contributed by atoms with E-state index in [2.05, 4.69) is 0 Å². The highest BCUT2D eigenvalue weighted by Crippen LogP contribution is 2.44. The molecule has 3 rings (SSSR count). The second-order valence-corrected chi connectivity index (χ2v) is 7.58. The quantitative estimate of drug-likeness (QED) is 0.336. The van der Waals surface area contributed by atoms with Gasteiger partial charge in [0.15, 0.2) is 5.92 Å².